The first-order valence-electron chi connectivity index (χ1n) is 7.41. The van der Waals surface area contributed by atoms with E-state index in [1.54, 1.807) is 12.1 Å². The molecule has 0 spiro atoms. The van der Waals surface area contributed by atoms with Crippen molar-refractivity contribution in [3.05, 3.63) is 51.3 Å². The molecule has 2 aromatic heterocycles. The zero-order valence-corrected chi connectivity index (χ0v) is 13.5. The molecule has 3 heterocycles. The highest BCUT2D eigenvalue weighted by atomic mass is 32.1. The maximum atomic E-state index is 12.5. The van der Waals surface area contributed by atoms with E-state index in [1.165, 1.54) is 23.3 Å². The molecule has 3 rings (SSSR count). The van der Waals surface area contributed by atoms with Gasteiger partial charge in [0.05, 0.1) is 22.6 Å². The number of hydrogen-bond acceptors (Lipinski definition) is 6. The van der Waals surface area contributed by atoms with Crippen LogP contribution < -0.4 is 5.32 Å². The lowest BCUT2D eigenvalue weighted by Gasteiger charge is -2.23. The number of rotatable bonds is 5. The summed E-state index contributed by atoms with van der Waals surface area (Å²) in [6.45, 7) is 0.720. The minimum absolute atomic E-state index is 0.0867. The van der Waals surface area contributed by atoms with Gasteiger partial charge in [-0.05, 0) is 31.0 Å². The Morgan fingerprint density at radius 3 is 2.92 bits per heavy atom. The van der Waals surface area contributed by atoms with Gasteiger partial charge >= 0.3 is 5.00 Å². The lowest BCUT2D eigenvalue weighted by Crippen LogP contribution is -2.45. The molecule has 1 saturated heterocycles. The second-order valence-electron chi connectivity index (χ2n) is 5.35. The van der Waals surface area contributed by atoms with Gasteiger partial charge < -0.3 is 14.6 Å². The molecule has 24 heavy (non-hydrogen) atoms. The van der Waals surface area contributed by atoms with Crippen molar-refractivity contribution in [1.29, 1.82) is 0 Å². The van der Waals surface area contributed by atoms with Gasteiger partial charge in [-0.3, -0.25) is 19.7 Å². The summed E-state index contributed by atoms with van der Waals surface area (Å²) >= 11 is 0.824. The number of nitrogens with one attached hydrogen (secondary N) is 1. The van der Waals surface area contributed by atoms with Gasteiger partial charge in [0.25, 0.3) is 5.91 Å². The van der Waals surface area contributed by atoms with Crippen molar-refractivity contribution in [2.75, 3.05) is 6.54 Å². The Kier molecular flexibility index (Phi) is 4.61. The Hall–Kier alpha value is -2.68. The molecule has 1 N–H and O–H groups in total. The van der Waals surface area contributed by atoms with Crippen LogP contribution in [0.15, 0.2) is 34.9 Å². The number of carbonyl (C=O) groups excluding carboxylic acids is 2. The van der Waals surface area contributed by atoms with E-state index in [1.807, 2.05) is 0 Å². The fourth-order valence-corrected chi connectivity index (χ4v) is 3.45. The third-order valence-electron chi connectivity index (χ3n) is 3.82. The Bertz CT molecular complexity index is 755. The van der Waals surface area contributed by atoms with Crippen LogP contribution >= 0.6 is 11.3 Å². The van der Waals surface area contributed by atoms with Crippen LogP contribution in [0.1, 0.15) is 28.3 Å². The highest BCUT2D eigenvalue weighted by molar-refractivity contribution is 7.17. The minimum Gasteiger partial charge on any atom is -0.467 e. The topological polar surface area (TPSA) is 106 Å². The largest absolute Gasteiger partial charge is 0.467 e. The molecule has 1 fully saturated rings. The fourth-order valence-electron chi connectivity index (χ4n) is 2.67. The summed E-state index contributed by atoms with van der Waals surface area (Å²) in [4.78, 5) is 36.9. The zero-order chi connectivity index (χ0) is 17.1. The summed E-state index contributed by atoms with van der Waals surface area (Å²) < 4.78 is 5.16. The maximum absolute atomic E-state index is 12.5. The minimum atomic E-state index is -0.561. The van der Waals surface area contributed by atoms with Gasteiger partial charge in [0.15, 0.2) is 0 Å². The summed E-state index contributed by atoms with van der Waals surface area (Å²) in [5.74, 6) is 0.0418. The van der Waals surface area contributed by atoms with E-state index in [4.69, 9.17) is 4.42 Å². The molecule has 126 valence electrons. The van der Waals surface area contributed by atoms with Gasteiger partial charge in [0.1, 0.15) is 11.8 Å². The van der Waals surface area contributed by atoms with E-state index >= 15 is 0 Å². The first kappa shape index (κ1) is 16.2. The number of hydrogen-bond donors (Lipinski definition) is 1. The van der Waals surface area contributed by atoms with Gasteiger partial charge in [-0.2, -0.15) is 0 Å². The summed E-state index contributed by atoms with van der Waals surface area (Å²) in [6, 6.07) is 5.66. The predicted octanol–water partition coefficient (Wildman–Crippen LogP) is 2.17. The van der Waals surface area contributed by atoms with Gasteiger partial charge in [-0.1, -0.05) is 11.3 Å². The van der Waals surface area contributed by atoms with Crippen LogP contribution in [0.5, 0.6) is 0 Å². The van der Waals surface area contributed by atoms with Gasteiger partial charge in [0, 0.05) is 12.6 Å². The number of nitro groups is 1. The highest BCUT2D eigenvalue weighted by Gasteiger charge is 2.35. The van der Waals surface area contributed by atoms with Crippen molar-refractivity contribution >= 4 is 28.2 Å². The molecule has 1 atom stereocenters. The molecule has 0 aliphatic carbocycles. The van der Waals surface area contributed by atoms with E-state index in [2.05, 4.69) is 5.32 Å². The molecule has 1 aliphatic heterocycles. The van der Waals surface area contributed by atoms with Crippen molar-refractivity contribution in [3.63, 3.8) is 0 Å². The number of likely N-dealkylation sites (tertiary alicyclic amines) is 1. The Morgan fingerprint density at radius 1 is 1.42 bits per heavy atom. The number of nitrogens with zero attached hydrogens (tertiary/aromatic N) is 2. The highest BCUT2D eigenvalue weighted by Crippen LogP contribution is 2.28. The summed E-state index contributed by atoms with van der Waals surface area (Å²) in [5, 5.41) is 13.4. The van der Waals surface area contributed by atoms with Crippen LogP contribution in [0, 0.1) is 10.1 Å². The van der Waals surface area contributed by atoms with Crippen LogP contribution in [0.2, 0.25) is 0 Å². The van der Waals surface area contributed by atoms with Gasteiger partial charge in [-0.25, -0.2) is 0 Å². The maximum Gasteiger partial charge on any atom is 0.324 e. The van der Waals surface area contributed by atoms with E-state index in [0.717, 1.165) is 17.8 Å². The summed E-state index contributed by atoms with van der Waals surface area (Å²) in [7, 11) is 0. The Morgan fingerprint density at radius 2 is 2.25 bits per heavy atom. The molecule has 2 amide bonds. The molecule has 8 nitrogen and oxygen atoms in total. The lowest BCUT2D eigenvalue weighted by molar-refractivity contribution is -0.380. The van der Waals surface area contributed by atoms with Crippen molar-refractivity contribution in [3.8, 4) is 0 Å². The Labute approximate surface area is 141 Å². The third kappa shape index (κ3) is 3.30. The summed E-state index contributed by atoms with van der Waals surface area (Å²) in [6.07, 6.45) is 2.82. The van der Waals surface area contributed by atoms with E-state index in [9.17, 15) is 19.7 Å². The van der Waals surface area contributed by atoms with Crippen LogP contribution in [0.3, 0.4) is 0 Å². The quantitative estimate of drug-likeness (QED) is 0.658. The molecule has 1 aliphatic rings. The predicted molar refractivity (Wildman–Crippen MR) is 85.6 cm³/mol. The average molecular weight is 349 g/mol. The van der Waals surface area contributed by atoms with Crippen LogP contribution in [-0.2, 0) is 11.3 Å². The molecule has 2 aromatic rings. The molecular formula is C15H15N3O5S. The molecule has 1 unspecified atom stereocenters. The smallest absolute Gasteiger partial charge is 0.324 e. The van der Waals surface area contributed by atoms with Crippen LogP contribution in [-0.4, -0.2) is 34.2 Å². The van der Waals surface area contributed by atoms with Crippen LogP contribution in [0.25, 0.3) is 0 Å². The first-order chi connectivity index (χ1) is 11.6. The third-order valence-corrected chi connectivity index (χ3v) is 4.84. The number of furan rings is 1. The van der Waals surface area contributed by atoms with Crippen molar-refractivity contribution in [2.45, 2.75) is 25.4 Å². The second kappa shape index (κ2) is 6.83. The van der Waals surface area contributed by atoms with Gasteiger partial charge in [0.2, 0.25) is 5.91 Å². The van der Waals surface area contributed by atoms with E-state index in [-0.39, 0.29) is 28.2 Å². The summed E-state index contributed by atoms with van der Waals surface area (Å²) in [5.41, 5.74) is 0. The molecular weight excluding hydrogens is 334 g/mol. The van der Waals surface area contributed by atoms with E-state index < -0.39 is 11.0 Å². The van der Waals surface area contributed by atoms with Crippen molar-refractivity contribution in [1.82, 2.24) is 10.2 Å². The normalized spacial score (nSPS) is 17.0. The lowest BCUT2D eigenvalue weighted by atomic mass is 10.2. The zero-order valence-electron chi connectivity index (χ0n) is 12.6. The molecule has 0 radical (unpaired) electrons. The van der Waals surface area contributed by atoms with Crippen LogP contribution in [0.4, 0.5) is 5.00 Å². The molecule has 0 bridgehead atoms. The standard InChI is InChI=1S/C15H15N3O5S/c19-14(16-9-10-3-2-8-23-10)11-4-1-7-17(11)15(20)12-5-6-13(24-12)18(21)22/h2-3,5-6,8,11H,1,4,7,9H2,(H,16,19). The first-order valence-corrected chi connectivity index (χ1v) is 8.23. The molecule has 0 saturated carbocycles. The monoisotopic (exact) mass is 349 g/mol. The van der Waals surface area contributed by atoms with Crippen molar-refractivity contribution in [2.24, 2.45) is 0 Å². The molecule has 0 aromatic carbocycles. The number of amides is 2. The second-order valence-corrected chi connectivity index (χ2v) is 6.41. The SMILES string of the molecule is O=C(NCc1ccco1)C1CCCN1C(=O)c1ccc([N+](=O)[O-])s1. The molecule has 9 heteroatoms. The number of thiophene rings is 1. The van der Waals surface area contributed by atoms with E-state index in [0.29, 0.717) is 18.7 Å². The van der Waals surface area contributed by atoms with Gasteiger partial charge in [-0.15, -0.1) is 0 Å². The van der Waals surface area contributed by atoms with Crippen molar-refractivity contribution < 1.29 is 18.9 Å². The number of carbonyl (C=O) groups is 2. The Balaban J connectivity index is 1.66. The fraction of sp³-hybridized carbons (Fsp3) is 0.333. The average Bonchev–Trinajstić information content (AvgIpc) is 3.33.